The molecule has 1 aliphatic rings. The number of benzene rings is 2. The standard InChI is InChI=1S/C20H17FN2O2/c21-15-11-14-5-4-9-22-19(14)18(12-15)20(24)23(17-8-10-25-13-17)16-6-2-1-3-7-16/h1-7,9,11-12,17H,8,10,13H2. The molecule has 2 heterocycles. The van der Waals surface area contributed by atoms with Crippen molar-refractivity contribution in [3.8, 4) is 0 Å². The fourth-order valence-electron chi connectivity index (χ4n) is 3.26. The Labute approximate surface area is 144 Å². The van der Waals surface area contributed by atoms with Gasteiger partial charge in [-0.15, -0.1) is 0 Å². The number of hydrogen-bond acceptors (Lipinski definition) is 3. The number of halogens is 1. The fourth-order valence-corrected chi connectivity index (χ4v) is 3.26. The van der Waals surface area contributed by atoms with Crippen LogP contribution in [0.1, 0.15) is 16.8 Å². The van der Waals surface area contributed by atoms with Gasteiger partial charge in [0.25, 0.3) is 5.91 Å². The lowest BCUT2D eigenvalue weighted by molar-refractivity contribution is 0.0972. The van der Waals surface area contributed by atoms with Crippen LogP contribution in [0.4, 0.5) is 10.1 Å². The number of rotatable bonds is 3. The van der Waals surface area contributed by atoms with Gasteiger partial charge in [-0.2, -0.15) is 0 Å². The molecule has 5 heteroatoms. The largest absolute Gasteiger partial charge is 0.379 e. The molecule has 1 amide bonds. The maximum Gasteiger partial charge on any atom is 0.260 e. The van der Waals surface area contributed by atoms with Crippen LogP contribution in [0.5, 0.6) is 0 Å². The molecule has 0 bridgehead atoms. The number of ether oxygens (including phenoxy) is 1. The van der Waals surface area contributed by atoms with Crippen molar-refractivity contribution in [2.24, 2.45) is 0 Å². The van der Waals surface area contributed by atoms with Crippen LogP contribution < -0.4 is 4.90 Å². The van der Waals surface area contributed by atoms with Crippen LogP contribution in [0.15, 0.2) is 60.8 Å². The number of hydrogen-bond donors (Lipinski definition) is 0. The van der Waals surface area contributed by atoms with E-state index in [1.54, 1.807) is 23.2 Å². The fraction of sp³-hybridized carbons (Fsp3) is 0.200. The Hall–Kier alpha value is -2.79. The number of pyridine rings is 1. The maximum absolute atomic E-state index is 14.1. The minimum atomic E-state index is -0.445. The summed E-state index contributed by atoms with van der Waals surface area (Å²) in [6.07, 6.45) is 2.36. The zero-order chi connectivity index (χ0) is 17.2. The summed E-state index contributed by atoms with van der Waals surface area (Å²) in [4.78, 5) is 19.4. The average molecular weight is 336 g/mol. The van der Waals surface area contributed by atoms with Gasteiger partial charge in [-0.05, 0) is 36.8 Å². The van der Waals surface area contributed by atoms with E-state index in [9.17, 15) is 9.18 Å². The van der Waals surface area contributed by atoms with Gasteiger partial charge in [0.05, 0.1) is 23.7 Å². The number of amides is 1. The van der Waals surface area contributed by atoms with E-state index in [1.165, 1.54) is 12.1 Å². The summed E-state index contributed by atoms with van der Waals surface area (Å²) >= 11 is 0. The average Bonchev–Trinajstić information content (AvgIpc) is 3.16. The van der Waals surface area contributed by atoms with Crippen LogP contribution in [0, 0.1) is 5.82 Å². The highest BCUT2D eigenvalue weighted by molar-refractivity contribution is 6.13. The first kappa shape index (κ1) is 15.7. The van der Waals surface area contributed by atoms with Gasteiger partial charge in [-0.1, -0.05) is 24.3 Å². The summed E-state index contributed by atoms with van der Waals surface area (Å²) in [7, 11) is 0. The molecule has 4 rings (SSSR count). The van der Waals surface area contributed by atoms with Gasteiger partial charge < -0.3 is 9.64 Å². The number of carbonyl (C=O) groups excluding carboxylic acids is 1. The Morgan fingerprint density at radius 3 is 2.76 bits per heavy atom. The van der Waals surface area contributed by atoms with E-state index in [-0.39, 0.29) is 17.5 Å². The lowest BCUT2D eigenvalue weighted by atomic mass is 10.1. The van der Waals surface area contributed by atoms with Gasteiger partial charge in [0.15, 0.2) is 0 Å². The van der Waals surface area contributed by atoms with Crippen molar-refractivity contribution in [1.82, 2.24) is 4.98 Å². The summed E-state index contributed by atoms with van der Waals surface area (Å²) in [5, 5.41) is 0.613. The molecule has 1 atom stereocenters. The number of anilines is 1. The predicted octanol–water partition coefficient (Wildman–Crippen LogP) is 3.81. The molecule has 1 fully saturated rings. The molecule has 0 saturated carbocycles. The molecule has 126 valence electrons. The molecule has 2 aromatic carbocycles. The van der Waals surface area contributed by atoms with Crippen molar-refractivity contribution in [1.29, 1.82) is 0 Å². The van der Waals surface area contributed by atoms with E-state index in [0.29, 0.717) is 24.1 Å². The quantitative estimate of drug-likeness (QED) is 0.730. The van der Waals surface area contributed by atoms with Crippen LogP contribution in [0.3, 0.4) is 0 Å². The molecule has 0 N–H and O–H groups in total. The molecule has 1 unspecified atom stereocenters. The van der Waals surface area contributed by atoms with E-state index in [1.807, 2.05) is 30.3 Å². The van der Waals surface area contributed by atoms with Gasteiger partial charge in [0, 0.05) is 23.9 Å². The first-order valence-electron chi connectivity index (χ1n) is 8.24. The number of nitrogens with zero attached hydrogens (tertiary/aromatic N) is 2. The molecular formula is C20H17FN2O2. The monoisotopic (exact) mass is 336 g/mol. The number of aromatic nitrogens is 1. The Balaban J connectivity index is 1.84. The summed E-state index contributed by atoms with van der Waals surface area (Å²) in [5.74, 6) is -0.704. The SMILES string of the molecule is O=C(c1cc(F)cc2cccnc12)N(c1ccccc1)C1CCOC1. The number of fused-ring (bicyclic) bond motifs is 1. The smallest absolute Gasteiger partial charge is 0.260 e. The summed E-state index contributed by atoms with van der Waals surface area (Å²) in [5.41, 5.74) is 1.55. The van der Waals surface area contributed by atoms with E-state index in [4.69, 9.17) is 4.74 Å². The topological polar surface area (TPSA) is 42.4 Å². The van der Waals surface area contributed by atoms with E-state index in [2.05, 4.69) is 4.98 Å². The number of carbonyl (C=O) groups is 1. The molecular weight excluding hydrogens is 319 g/mol. The van der Waals surface area contributed by atoms with Crippen LogP contribution in [-0.4, -0.2) is 30.1 Å². The second kappa shape index (κ2) is 6.61. The maximum atomic E-state index is 14.1. The van der Waals surface area contributed by atoms with Crippen molar-refractivity contribution in [2.45, 2.75) is 12.5 Å². The summed E-state index contributed by atoms with van der Waals surface area (Å²) < 4.78 is 19.6. The Kier molecular flexibility index (Phi) is 4.15. The van der Waals surface area contributed by atoms with Gasteiger partial charge >= 0.3 is 0 Å². The van der Waals surface area contributed by atoms with E-state index >= 15 is 0 Å². The first-order valence-corrected chi connectivity index (χ1v) is 8.24. The van der Waals surface area contributed by atoms with Crippen LogP contribution in [0.2, 0.25) is 0 Å². The summed E-state index contributed by atoms with van der Waals surface area (Å²) in [6, 6.07) is 15.5. The van der Waals surface area contributed by atoms with Gasteiger partial charge in [0.1, 0.15) is 5.82 Å². The molecule has 0 aliphatic carbocycles. The first-order chi connectivity index (χ1) is 12.2. The van der Waals surface area contributed by atoms with Gasteiger partial charge in [0.2, 0.25) is 0 Å². The molecule has 1 aliphatic heterocycles. The predicted molar refractivity (Wildman–Crippen MR) is 94.2 cm³/mol. The third kappa shape index (κ3) is 2.98. The van der Waals surface area contributed by atoms with Crippen molar-refractivity contribution < 1.29 is 13.9 Å². The summed E-state index contributed by atoms with van der Waals surface area (Å²) in [6.45, 7) is 1.09. The molecule has 0 spiro atoms. The lowest BCUT2D eigenvalue weighted by Crippen LogP contribution is -2.41. The molecule has 1 aromatic heterocycles. The Morgan fingerprint density at radius 1 is 1.16 bits per heavy atom. The van der Waals surface area contributed by atoms with Crippen molar-refractivity contribution in [2.75, 3.05) is 18.1 Å². The minimum absolute atomic E-state index is 0.0723. The Bertz CT molecular complexity index is 908. The van der Waals surface area contributed by atoms with Crippen molar-refractivity contribution in [3.63, 3.8) is 0 Å². The van der Waals surface area contributed by atoms with E-state index < -0.39 is 5.82 Å². The molecule has 3 aromatic rings. The zero-order valence-corrected chi connectivity index (χ0v) is 13.6. The van der Waals surface area contributed by atoms with Crippen molar-refractivity contribution in [3.05, 3.63) is 72.2 Å². The van der Waals surface area contributed by atoms with Crippen molar-refractivity contribution >= 4 is 22.5 Å². The molecule has 25 heavy (non-hydrogen) atoms. The minimum Gasteiger partial charge on any atom is -0.379 e. The highest BCUT2D eigenvalue weighted by Crippen LogP contribution is 2.27. The third-order valence-corrected chi connectivity index (χ3v) is 4.42. The molecule has 0 radical (unpaired) electrons. The van der Waals surface area contributed by atoms with Gasteiger partial charge in [-0.3, -0.25) is 9.78 Å². The lowest BCUT2D eigenvalue weighted by Gasteiger charge is -2.28. The zero-order valence-electron chi connectivity index (χ0n) is 13.6. The van der Waals surface area contributed by atoms with Crippen LogP contribution in [-0.2, 0) is 4.74 Å². The van der Waals surface area contributed by atoms with Crippen LogP contribution in [0.25, 0.3) is 10.9 Å². The molecule has 1 saturated heterocycles. The Morgan fingerprint density at radius 2 is 2.00 bits per heavy atom. The second-order valence-electron chi connectivity index (χ2n) is 6.06. The highest BCUT2D eigenvalue weighted by Gasteiger charge is 2.30. The molecule has 4 nitrogen and oxygen atoms in total. The second-order valence-corrected chi connectivity index (χ2v) is 6.06. The van der Waals surface area contributed by atoms with Crippen LogP contribution >= 0.6 is 0 Å². The van der Waals surface area contributed by atoms with E-state index in [0.717, 1.165) is 12.1 Å². The number of para-hydroxylation sites is 1. The highest BCUT2D eigenvalue weighted by atomic mass is 19.1. The third-order valence-electron chi connectivity index (χ3n) is 4.42. The van der Waals surface area contributed by atoms with Gasteiger partial charge in [-0.25, -0.2) is 4.39 Å². The normalized spacial score (nSPS) is 16.9.